The lowest BCUT2D eigenvalue weighted by Gasteiger charge is -2.30. The van der Waals surface area contributed by atoms with Crippen molar-refractivity contribution in [1.82, 2.24) is 0 Å². The van der Waals surface area contributed by atoms with Crippen molar-refractivity contribution < 1.29 is 4.43 Å². The molecule has 1 nitrogen and oxygen atoms in total. The minimum Gasteiger partial charge on any atom is -0.546 e. The van der Waals surface area contributed by atoms with Crippen molar-refractivity contribution in [2.45, 2.75) is 85.2 Å². The van der Waals surface area contributed by atoms with Gasteiger partial charge in [-0.1, -0.05) is 40.0 Å². The van der Waals surface area contributed by atoms with Crippen LogP contribution in [0.4, 0.5) is 0 Å². The Morgan fingerprint density at radius 3 is 2.37 bits per heavy atom. The van der Waals surface area contributed by atoms with Crippen molar-refractivity contribution in [3.63, 3.8) is 0 Å². The molecule has 0 fully saturated rings. The first kappa shape index (κ1) is 16.8. The fourth-order valence-electron chi connectivity index (χ4n) is 2.96. The Balaban J connectivity index is 2.62. The quantitative estimate of drug-likeness (QED) is 0.570. The molecule has 0 aliphatic heterocycles. The van der Waals surface area contributed by atoms with Gasteiger partial charge in [0.05, 0.1) is 5.76 Å². The van der Waals surface area contributed by atoms with Gasteiger partial charge < -0.3 is 4.43 Å². The second-order valence-electron chi connectivity index (χ2n) is 7.27. The molecule has 0 aromatic rings. The summed E-state index contributed by atoms with van der Waals surface area (Å²) in [6.07, 6.45) is 13.0. The number of hydrogen-bond acceptors (Lipinski definition) is 1. The van der Waals surface area contributed by atoms with Crippen LogP contribution in [0.1, 0.15) is 72.1 Å². The molecule has 0 aromatic carbocycles. The van der Waals surface area contributed by atoms with E-state index < -0.39 is 9.04 Å². The molecule has 111 valence electrons. The summed E-state index contributed by atoms with van der Waals surface area (Å²) in [5.41, 5.74) is 0.452. The van der Waals surface area contributed by atoms with Gasteiger partial charge in [0.15, 0.2) is 0 Å². The van der Waals surface area contributed by atoms with Crippen LogP contribution in [0, 0.1) is 11.3 Å². The third kappa shape index (κ3) is 7.19. The van der Waals surface area contributed by atoms with Crippen molar-refractivity contribution >= 4 is 9.04 Å². The third-order valence-corrected chi connectivity index (χ3v) is 4.84. The Bertz CT molecular complexity index is 275. The largest absolute Gasteiger partial charge is 0.546 e. The summed E-state index contributed by atoms with van der Waals surface area (Å²) >= 11 is 0. The molecule has 0 aromatic heterocycles. The number of rotatable bonds is 2. The molecule has 2 heteroatoms. The standard InChI is InChI=1S/C17H33OSi/c1-17(2,3)15-11-8-6-7-9-13-16(14-10-12-15)18-19(4)5/h14-15H,6-13H2,1-5H3/b16-14+. The molecule has 19 heavy (non-hydrogen) atoms. The summed E-state index contributed by atoms with van der Waals surface area (Å²) in [5.74, 6) is 2.14. The lowest BCUT2D eigenvalue weighted by molar-refractivity contribution is 0.207. The molecule has 1 radical (unpaired) electrons. The molecule has 1 unspecified atom stereocenters. The van der Waals surface area contributed by atoms with Crippen molar-refractivity contribution in [3.8, 4) is 0 Å². The summed E-state index contributed by atoms with van der Waals surface area (Å²) in [6, 6.07) is 0. The highest BCUT2D eigenvalue weighted by Gasteiger charge is 2.23. The molecule has 0 amide bonds. The Morgan fingerprint density at radius 2 is 1.74 bits per heavy atom. The van der Waals surface area contributed by atoms with Crippen LogP contribution in [0.3, 0.4) is 0 Å². The van der Waals surface area contributed by atoms with Gasteiger partial charge in [-0.2, -0.15) is 0 Å². The molecule has 1 aliphatic rings. The molecular formula is C17H33OSi. The minimum atomic E-state index is -0.601. The lowest BCUT2D eigenvalue weighted by Crippen LogP contribution is -2.20. The second-order valence-corrected chi connectivity index (χ2v) is 9.29. The molecule has 1 aliphatic carbocycles. The van der Waals surface area contributed by atoms with Crippen LogP contribution in [-0.2, 0) is 4.43 Å². The van der Waals surface area contributed by atoms with Gasteiger partial charge in [-0.25, -0.2) is 0 Å². The van der Waals surface area contributed by atoms with Gasteiger partial charge in [0.25, 0.3) is 9.04 Å². The maximum atomic E-state index is 6.05. The Labute approximate surface area is 122 Å². The smallest absolute Gasteiger partial charge is 0.273 e. The fraction of sp³-hybridized carbons (Fsp3) is 0.882. The SMILES string of the molecule is C[Si](C)O/C1=C/CCC(C(C)(C)C)CCCCCC1. The zero-order chi connectivity index (χ0) is 14.3. The minimum absolute atomic E-state index is 0.452. The van der Waals surface area contributed by atoms with E-state index in [1.165, 1.54) is 50.7 Å². The van der Waals surface area contributed by atoms with Crippen LogP contribution in [0.15, 0.2) is 11.8 Å². The molecule has 1 rings (SSSR count). The average molecular weight is 282 g/mol. The Hall–Kier alpha value is -0.243. The molecule has 0 saturated carbocycles. The normalized spacial score (nSPS) is 26.4. The van der Waals surface area contributed by atoms with Gasteiger partial charge >= 0.3 is 0 Å². The molecule has 0 heterocycles. The highest BCUT2D eigenvalue weighted by molar-refractivity contribution is 6.48. The van der Waals surface area contributed by atoms with E-state index in [1.54, 1.807) is 0 Å². The Kier molecular flexibility index (Phi) is 7.20. The van der Waals surface area contributed by atoms with Crippen molar-refractivity contribution in [1.29, 1.82) is 0 Å². The Morgan fingerprint density at radius 1 is 1.05 bits per heavy atom. The van der Waals surface area contributed by atoms with Crippen LogP contribution in [0.25, 0.3) is 0 Å². The average Bonchev–Trinajstić information content (AvgIpc) is 2.32. The summed E-state index contributed by atoms with van der Waals surface area (Å²) < 4.78 is 6.05. The van der Waals surface area contributed by atoms with Gasteiger partial charge in [-0.15, -0.1) is 0 Å². The second kappa shape index (κ2) is 8.14. The van der Waals surface area contributed by atoms with Gasteiger partial charge in [0, 0.05) is 6.42 Å². The van der Waals surface area contributed by atoms with E-state index in [1.807, 2.05) is 0 Å². The zero-order valence-electron chi connectivity index (χ0n) is 13.7. The summed E-state index contributed by atoms with van der Waals surface area (Å²) in [6.45, 7) is 11.7. The molecule has 0 saturated heterocycles. The predicted molar refractivity (Wildman–Crippen MR) is 86.5 cm³/mol. The fourth-order valence-corrected chi connectivity index (χ4v) is 3.67. The van der Waals surface area contributed by atoms with E-state index >= 15 is 0 Å². The van der Waals surface area contributed by atoms with Crippen molar-refractivity contribution in [2.24, 2.45) is 11.3 Å². The van der Waals surface area contributed by atoms with Gasteiger partial charge in [-0.3, -0.25) is 0 Å². The molecule has 0 spiro atoms. The van der Waals surface area contributed by atoms with Crippen LogP contribution in [0.5, 0.6) is 0 Å². The highest BCUT2D eigenvalue weighted by Crippen LogP contribution is 2.35. The summed E-state index contributed by atoms with van der Waals surface area (Å²) in [7, 11) is -0.601. The van der Waals surface area contributed by atoms with Gasteiger partial charge in [0.2, 0.25) is 0 Å². The van der Waals surface area contributed by atoms with E-state index in [9.17, 15) is 0 Å². The van der Waals surface area contributed by atoms with Crippen molar-refractivity contribution in [2.75, 3.05) is 0 Å². The predicted octanol–water partition coefficient (Wildman–Crippen LogP) is 5.93. The first-order chi connectivity index (χ1) is 8.89. The third-order valence-electron chi connectivity index (χ3n) is 4.17. The van der Waals surface area contributed by atoms with Crippen LogP contribution in [0.2, 0.25) is 13.1 Å². The topological polar surface area (TPSA) is 9.23 Å². The zero-order valence-corrected chi connectivity index (χ0v) is 14.7. The monoisotopic (exact) mass is 281 g/mol. The molecule has 0 N–H and O–H groups in total. The highest BCUT2D eigenvalue weighted by atomic mass is 28.3. The molecule has 0 bridgehead atoms. The first-order valence-corrected chi connectivity index (χ1v) is 10.5. The van der Waals surface area contributed by atoms with Crippen LogP contribution in [-0.4, -0.2) is 9.04 Å². The summed E-state index contributed by atoms with van der Waals surface area (Å²) in [5, 5.41) is 0. The van der Waals surface area contributed by atoms with Crippen LogP contribution < -0.4 is 0 Å². The van der Waals surface area contributed by atoms with Crippen molar-refractivity contribution in [3.05, 3.63) is 11.8 Å². The summed E-state index contributed by atoms with van der Waals surface area (Å²) in [4.78, 5) is 0. The van der Waals surface area contributed by atoms with Crippen LogP contribution >= 0.6 is 0 Å². The van der Waals surface area contributed by atoms with E-state index in [2.05, 4.69) is 39.9 Å². The maximum Gasteiger partial charge on any atom is 0.273 e. The lowest BCUT2D eigenvalue weighted by atomic mass is 9.75. The van der Waals surface area contributed by atoms with Gasteiger partial charge in [0.1, 0.15) is 0 Å². The van der Waals surface area contributed by atoms with E-state index in [-0.39, 0.29) is 0 Å². The van der Waals surface area contributed by atoms with E-state index in [0.717, 1.165) is 12.3 Å². The number of allylic oxidation sites excluding steroid dienone is 2. The van der Waals surface area contributed by atoms with E-state index in [4.69, 9.17) is 4.43 Å². The van der Waals surface area contributed by atoms with Gasteiger partial charge in [-0.05, 0) is 56.2 Å². The van der Waals surface area contributed by atoms with E-state index in [0.29, 0.717) is 5.41 Å². The molecule has 1 atom stereocenters. The first-order valence-electron chi connectivity index (χ1n) is 8.06. The molecular weight excluding hydrogens is 248 g/mol. The number of hydrogen-bond donors (Lipinski definition) is 0. The maximum absolute atomic E-state index is 6.05.